The summed E-state index contributed by atoms with van der Waals surface area (Å²) in [6.45, 7) is 9.92. The van der Waals surface area contributed by atoms with Gasteiger partial charge in [0.15, 0.2) is 0 Å². The zero-order valence-corrected chi connectivity index (χ0v) is 13.6. The van der Waals surface area contributed by atoms with Crippen LogP contribution in [0.3, 0.4) is 0 Å². The van der Waals surface area contributed by atoms with Crippen molar-refractivity contribution in [2.24, 2.45) is 5.41 Å². The molecule has 0 unspecified atom stereocenters. The molecule has 1 aromatic rings. The van der Waals surface area contributed by atoms with Crippen LogP contribution < -0.4 is 4.72 Å². The minimum atomic E-state index is -3.50. The smallest absolute Gasteiger partial charge is 0.212 e. The van der Waals surface area contributed by atoms with E-state index in [0.717, 1.165) is 0 Å². The zero-order valence-electron chi connectivity index (χ0n) is 12.8. The molecule has 114 valence electrons. The van der Waals surface area contributed by atoms with Gasteiger partial charge in [-0.15, -0.1) is 0 Å². The predicted molar refractivity (Wildman–Crippen MR) is 80.3 cm³/mol. The zero-order chi connectivity index (χ0) is 15.6. The van der Waals surface area contributed by atoms with Gasteiger partial charge >= 0.3 is 0 Å². The van der Waals surface area contributed by atoms with Gasteiger partial charge in [-0.3, -0.25) is 0 Å². The first-order chi connectivity index (χ1) is 8.89. The van der Waals surface area contributed by atoms with Crippen LogP contribution in [0.4, 0.5) is 4.39 Å². The Morgan fingerprint density at radius 1 is 1.15 bits per heavy atom. The Morgan fingerprint density at radius 3 is 2.25 bits per heavy atom. The van der Waals surface area contributed by atoms with E-state index in [1.165, 1.54) is 18.2 Å². The predicted octanol–water partition coefficient (Wildman–Crippen LogP) is 3.46. The maximum Gasteiger partial charge on any atom is 0.216 e. The first kappa shape index (κ1) is 17.1. The Hall–Kier alpha value is -0.940. The third-order valence-electron chi connectivity index (χ3n) is 2.65. The molecule has 0 saturated carbocycles. The highest BCUT2D eigenvalue weighted by Gasteiger charge is 2.29. The van der Waals surface area contributed by atoms with Gasteiger partial charge in [-0.25, -0.2) is 17.5 Å². The average molecular weight is 301 g/mol. The molecule has 1 N–H and O–H groups in total. The minimum absolute atomic E-state index is 0.0187. The Morgan fingerprint density at radius 2 is 1.75 bits per heavy atom. The van der Waals surface area contributed by atoms with Gasteiger partial charge in [0.2, 0.25) is 10.0 Å². The van der Waals surface area contributed by atoms with Crippen molar-refractivity contribution in [3.63, 3.8) is 0 Å². The molecular weight excluding hydrogens is 277 g/mol. The molecule has 0 fully saturated rings. The molecule has 5 heteroatoms. The molecule has 0 bridgehead atoms. The summed E-state index contributed by atoms with van der Waals surface area (Å²) in [7, 11) is -3.50. The summed E-state index contributed by atoms with van der Waals surface area (Å²) < 4.78 is 40.2. The molecule has 0 spiro atoms. The fourth-order valence-corrected chi connectivity index (χ4v) is 4.27. The lowest BCUT2D eigenvalue weighted by Gasteiger charge is -2.33. The normalized spacial score (nSPS) is 13.5. The Bertz CT molecular complexity index is 559. The van der Waals surface area contributed by atoms with Crippen LogP contribution in [0.25, 0.3) is 0 Å². The number of hydrogen-bond donors (Lipinski definition) is 1. The quantitative estimate of drug-likeness (QED) is 0.905. The summed E-state index contributed by atoms with van der Waals surface area (Å²) in [5, 5.41) is 0. The molecule has 0 amide bonds. The van der Waals surface area contributed by atoms with Gasteiger partial charge < -0.3 is 0 Å². The fraction of sp³-hybridized carbons (Fsp3) is 0.600. The van der Waals surface area contributed by atoms with E-state index in [-0.39, 0.29) is 11.2 Å². The van der Waals surface area contributed by atoms with Gasteiger partial charge in [0.05, 0.1) is 5.75 Å². The second-order valence-corrected chi connectivity index (χ2v) is 8.83. The van der Waals surface area contributed by atoms with Crippen LogP contribution >= 0.6 is 0 Å². The van der Waals surface area contributed by atoms with E-state index in [9.17, 15) is 12.8 Å². The number of sulfonamides is 1. The Labute approximate surface area is 121 Å². The SMILES string of the molecule is CC(C)(C)CC(C)(C)NS(=O)(=O)Cc1cccc(F)c1. The molecular formula is C15H24FNO2S. The second-order valence-electron chi connectivity index (χ2n) is 7.11. The lowest BCUT2D eigenvalue weighted by molar-refractivity contribution is 0.269. The highest BCUT2D eigenvalue weighted by atomic mass is 32.2. The van der Waals surface area contributed by atoms with Gasteiger partial charge in [-0.05, 0) is 43.4 Å². The highest BCUT2D eigenvalue weighted by Crippen LogP contribution is 2.27. The lowest BCUT2D eigenvalue weighted by atomic mass is 9.82. The molecule has 0 heterocycles. The molecule has 0 aromatic heterocycles. The highest BCUT2D eigenvalue weighted by molar-refractivity contribution is 7.88. The van der Waals surface area contributed by atoms with Crippen molar-refractivity contribution >= 4 is 10.0 Å². The van der Waals surface area contributed by atoms with E-state index in [1.54, 1.807) is 6.07 Å². The molecule has 20 heavy (non-hydrogen) atoms. The monoisotopic (exact) mass is 301 g/mol. The van der Waals surface area contributed by atoms with E-state index >= 15 is 0 Å². The molecule has 0 radical (unpaired) electrons. The third kappa shape index (κ3) is 6.48. The number of nitrogens with one attached hydrogen (secondary N) is 1. The maximum absolute atomic E-state index is 13.1. The fourth-order valence-electron chi connectivity index (χ4n) is 2.67. The number of rotatable bonds is 5. The van der Waals surface area contributed by atoms with Gasteiger partial charge in [-0.1, -0.05) is 32.9 Å². The van der Waals surface area contributed by atoms with Gasteiger partial charge in [0.1, 0.15) is 5.82 Å². The minimum Gasteiger partial charge on any atom is -0.212 e. The lowest BCUT2D eigenvalue weighted by Crippen LogP contribution is -2.46. The van der Waals surface area contributed by atoms with E-state index < -0.39 is 21.4 Å². The molecule has 1 aromatic carbocycles. The van der Waals surface area contributed by atoms with Crippen LogP contribution in [0, 0.1) is 11.2 Å². The molecule has 0 aliphatic carbocycles. The molecule has 0 aliphatic rings. The van der Waals surface area contributed by atoms with E-state index in [1.807, 2.05) is 13.8 Å². The van der Waals surface area contributed by atoms with Crippen molar-refractivity contribution in [2.75, 3.05) is 0 Å². The van der Waals surface area contributed by atoms with Crippen molar-refractivity contribution in [1.82, 2.24) is 4.72 Å². The van der Waals surface area contributed by atoms with Crippen molar-refractivity contribution in [1.29, 1.82) is 0 Å². The summed E-state index contributed by atoms with van der Waals surface area (Å²) in [5.41, 5.74) is -0.0704. The van der Waals surface area contributed by atoms with Gasteiger partial charge in [0.25, 0.3) is 0 Å². The molecule has 1 rings (SSSR count). The van der Waals surface area contributed by atoms with Crippen molar-refractivity contribution < 1.29 is 12.8 Å². The van der Waals surface area contributed by atoms with Crippen LogP contribution in [-0.4, -0.2) is 14.0 Å². The van der Waals surface area contributed by atoms with Gasteiger partial charge in [-0.2, -0.15) is 0 Å². The van der Waals surface area contributed by atoms with Crippen LogP contribution in [0.5, 0.6) is 0 Å². The van der Waals surface area contributed by atoms with Crippen molar-refractivity contribution in [2.45, 2.75) is 52.3 Å². The van der Waals surface area contributed by atoms with E-state index in [0.29, 0.717) is 12.0 Å². The van der Waals surface area contributed by atoms with Crippen LogP contribution in [0.1, 0.15) is 46.6 Å². The van der Waals surface area contributed by atoms with Gasteiger partial charge in [0, 0.05) is 5.54 Å². The number of halogens is 1. The van der Waals surface area contributed by atoms with Crippen LogP contribution in [0.2, 0.25) is 0 Å². The van der Waals surface area contributed by atoms with Crippen LogP contribution in [0.15, 0.2) is 24.3 Å². The van der Waals surface area contributed by atoms with E-state index in [4.69, 9.17) is 0 Å². The molecule has 0 aliphatic heterocycles. The maximum atomic E-state index is 13.1. The average Bonchev–Trinajstić information content (AvgIpc) is 2.08. The first-order valence-corrected chi connectivity index (χ1v) is 8.30. The summed E-state index contributed by atoms with van der Waals surface area (Å²) in [5.74, 6) is -0.634. The summed E-state index contributed by atoms with van der Waals surface area (Å²) in [6.07, 6.45) is 0.711. The molecule has 0 saturated heterocycles. The Balaban J connectivity index is 2.80. The third-order valence-corrected chi connectivity index (χ3v) is 4.23. The Kier molecular flexibility index (Phi) is 4.98. The number of benzene rings is 1. The molecule has 0 atom stereocenters. The summed E-state index contributed by atoms with van der Waals surface area (Å²) in [6, 6.07) is 5.67. The summed E-state index contributed by atoms with van der Waals surface area (Å²) in [4.78, 5) is 0. The molecule has 3 nitrogen and oxygen atoms in total. The standard InChI is InChI=1S/C15H24FNO2S/c1-14(2,3)11-15(4,5)17-20(18,19)10-12-7-6-8-13(16)9-12/h6-9,17H,10-11H2,1-5H3. The first-order valence-electron chi connectivity index (χ1n) is 6.65. The van der Waals surface area contributed by atoms with E-state index in [2.05, 4.69) is 25.5 Å². The van der Waals surface area contributed by atoms with Crippen molar-refractivity contribution in [3.8, 4) is 0 Å². The van der Waals surface area contributed by atoms with Crippen molar-refractivity contribution in [3.05, 3.63) is 35.6 Å². The topological polar surface area (TPSA) is 46.2 Å². The largest absolute Gasteiger partial charge is 0.216 e. The number of hydrogen-bond acceptors (Lipinski definition) is 2. The van der Waals surface area contributed by atoms with Crippen LogP contribution in [-0.2, 0) is 15.8 Å². The second kappa shape index (κ2) is 5.82. The summed E-state index contributed by atoms with van der Waals surface area (Å²) >= 11 is 0.